The van der Waals surface area contributed by atoms with E-state index in [2.05, 4.69) is 39.5 Å². The van der Waals surface area contributed by atoms with E-state index in [0.29, 0.717) is 12.0 Å². The van der Waals surface area contributed by atoms with Crippen LogP contribution in [-0.4, -0.2) is 6.04 Å². The molecule has 2 N–H and O–H groups in total. The van der Waals surface area contributed by atoms with Crippen molar-refractivity contribution in [3.8, 4) is 11.8 Å². The van der Waals surface area contributed by atoms with Crippen molar-refractivity contribution in [1.82, 2.24) is 0 Å². The fraction of sp³-hybridized carbons (Fsp3) is 0.875. The zero-order chi connectivity index (χ0) is 12.9. The summed E-state index contributed by atoms with van der Waals surface area (Å²) in [5, 5.41) is 0. The van der Waals surface area contributed by atoms with Crippen LogP contribution in [0.1, 0.15) is 66.2 Å². The first-order valence-corrected chi connectivity index (χ1v) is 7.18. The van der Waals surface area contributed by atoms with E-state index in [0.717, 1.165) is 12.3 Å². The molecule has 1 aliphatic carbocycles. The van der Waals surface area contributed by atoms with Crippen molar-refractivity contribution in [3.05, 3.63) is 0 Å². The molecule has 0 radical (unpaired) electrons. The Bertz CT molecular complexity index is 268. The largest absolute Gasteiger partial charge is 0.327 e. The highest BCUT2D eigenvalue weighted by Gasteiger charge is 2.24. The fourth-order valence-corrected chi connectivity index (χ4v) is 2.63. The van der Waals surface area contributed by atoms with Gasteiger partial charge in [0, 0.05) is 17.9 Å². The topological polar surface area (TPSA) is 26.0 Å². The molecule has 98 valence electrons. The maximum atomic E-state index is 6.26. The van der Waals surface area contributed by atoms with Gasteiger partial charge in [0.05, 0.1) is 0 Å². The van der Waals surface area contributed by atoms with Crippen LogP contribution >= 0.6 is 0 Å². The molecule has 1 unspecified atom stereocenters. The molecule has 1 nitrogen and oxygen atoms in total. The van der Waals surface area contributed by atoms with E-state index in [1.165, 1.54) is 32.1 Å². The molecular weight excluding hydrogens is 206 g/mol. The summed E-state index contributed by atoms with van der Waals surface area (Å²) in [5.74, 6) is 8.23. The molecule has 0 spiro atoms. The number of hydrogen-bond acceptors (Lipinski definition) is 1. The molecule has 1 heteroatoms. The van der Waals surface area contributed by atoms with Gasteiger partial charge in [-0.05, 0) is 45.4 Å². The van der Waals surface area contributed by atoms with Crippen LogP contribution in [0.5, 0.6) is 0 Å². The van der Waals surface area contributed by atoms with Gasteiger partial charge in [0.25, 0.3) is 0 Å². The maximum Gasteiger partial charge on any atom is 0.0244 e. The highest BCUT2D eigenvalue weighted by Crippen LogP contribution is 2.32. The van der Waals surface area contributed by atoms with Crippen molar-refractivity contribution in [3.63, 3.8) is 0 Å². The zero-order valence-corrected chi connectivity index (χ0v) is 12.1. The van der Waals surface area contributed by atoms with Gasteiger partial charge in [0.15, 0.2) is 0 Å². The van der Waals surface area contributed by atoms with Crippen molar-refractivity contribution in [1.29, 1.82) is 0 Å². The summed E-state index contributed by atoms with van der Waals surface area (Å²) in [6, 6.07) is 0.294. The third-order valence-corrected chi connectivity index (χ3v) is 3.88. The predicted octanol–water partition coefficient (Wildman–Crippen LogP) is 3.97. The average Bonchev–Trinajstić information content (AvgIpc) is 2.27. The average molecular weight is 235 g/mol. The summed E-state index contributed by atoms with van der Waals surface area (Å²) in [6.45, 7) is 8.76. The first kappa shape index (κ1) is 14.6. The maximum absolute atomic E-state index is 6.26. The fourth-order valence-electron chi connectivity index (χ4n) is 2.63. The zero-order valence-electron chi connectivity index (χ0n) is 12.1. The Hall–Kier alpha value is -0.480. The molecule has 0 aromatic carbocycles. The van der Waals surface area contributed by atoms with Gasteiger partial charge in [0.2, 0.25) is 0 Å². The minimum absolute atomic E-state index is 0.111. The van der Waals surface area contributed by atoms with Crippen molar-refractivity contribution in [2.45, 2.75) is 72.3 Å². The SMILES string of the molecule is CCC1CCC(C(N)CC#CC(C)(C)C)CC1. The molecule has 17 heavy (non-hydrogen) atoms. The van der Waals surface area contributed by atoms with Crippen LogP contribution in [-0.2, 0) is 0 Å². The van der Waals surface area contributed by atoms with Gasteiger partial charge in [-0.2, -0.15) is 0 Å². The molecule has 0 saturated heterocycles. The molecular formula is C16H29N. The van der Waals surface area contributed by atoms with Gasteiger partial charge >= 0.3 is 0 Å². The van der Waals surface area contributed by atoms with Crippen LogP contribution in [0.4, 0.5) is 0 Å². The van der Waals surface area contributed by atoms with E-state index in [1.807, 2.05) is 0 Å². The van der Waals surface area contributed by atoms with E-state index in [4.69, 9.17) is 5.73 Å². The van der Waals surface area contributed by atoms with Gasteiger partial charge in [-0.25, -0.2) is 0 Å². The van der Waals surface area contributed by atoms with Gasteiger partial charge in [-0.3, -0.25) is 0 Å². The highest BCUT2D eigenvalue weighted by molar-refractivity contribution is 5.08. The molecule has 0 amide bonds. The molecule has 0 bridgehead atoms. The molecule has 1 saturated carbocycles. The lowest BCUT2D eigenvalue weighted by molar-refractivity contribution is 0.240. The van der Waals surface area contributed by atoms with Crippen LogP contribution in [0.25, 0.3) is 0 Å². The van der Waals surface area contributed by atoms with Crippen LogP contribution in [0, 0.1) is 29.1 Å². The van der Waals surface area contributed by atoms with Gasteiger partial charge < -0.3 is 5.73 Å². The van der Waals surface area contributed by atoms with Crippen molar-refractivity contribution in [2.75, 3.05) is 0 Å². The second kappa shape index (κ2) is 6.45. The third-order valence-electron chi connectivity index (χ3n) is 3.88. The number of rotatable bonds is 3. The molecule has 0 aliphatic heterocycles. The minimum Gasteiger partial charge on any atom is -0.327 e. The van der Waals surface area contributed by atoms with Crippen LogP contribution < -0.4 is 5.73 Å². The Balaban J connectivity index is 2.33. The summed E-state index contributed by atoms with van der Waals surface area (Å²) in [4.78, 5) is 0. The molecule has 1 rings (SSSR count). The summed E-state index contributed by atoms with van der Waals surface area (Å²) in [6.07, 6.45) is 7.60. The lowest BCUT2D eigenvalue weighted by Gasteiger charge is -2.31. The van der Waals surface area contributed by atoms with Crippen molar-refractivity contribution < 1.29 is 0 Å². The van der Waals surface area contributed by atoms with Crippen molar-refractivity contribution in [2.24, 2.45) is 23.0 Å². The van der Waals surface area contributed by atoms with Crippen molar-refractivity contribution >= 4 is 0 Å². The molecule has 0 aromatic rings. The van der Waals surface area contributed by atoms with Gasteiger partial charge in [-0.15, -0.1) is 5.92 Å². The lowest BCUT2D eigenvalue weighted by atomic mass is 9.77. The van der Waals surface area contributed by atoms with Crippen LogP contribution in [0.2, 0.25) is 0 Å². The van der Waals surface area contributed by atoms with Crippen LogP contribution in [0.15, 0.2) is 0 Å². The quantitative estimate of drug-likeness (QED) is 0.736. The summed E-state index contributed by atoms with van der Waals surface area (Å²) in [7, 11) is 0. The normalized spacial score (nSPS) is 27.1. The van der Waals surface area contributed by atoms with E-state index in [9.17, 15) is 0 Å². The molecule has 0 aromatic heterocycles. The summed E-state index contributed by atoms with van der Waals surface area (Å²) in [5.41, 5.74) is 6.37. The Labute approximate surface area is 108 Å². The molecule has 1 aliphatic rings. The Kier molecular flexibility index (Phi) is 5.53. The first-order chi connectivity index (χ1) is 7.92. The smallest absolute Gasteiger partial charge is 0.0244 e. The summed E-state index contributed by atoms with van der Waals surface area (Å²) < 4.78 is 0. The Morgan fingerprint density at radius 2 is 1.76 bits per heavy atom. The second-order valence-corrected chi connectivity index (χ2v) is 6.61. The van der Waals surface area contributed by atoms with E-state index < -0.39 is 0 Å². The minimum atomic E-state index is 0.111. The second-order valence-electron chi connectivity index (χ2n) is 6.61. The number of hydrogen-bond donors (Lipinski definition) is 1. The predicted molar refractivity (Wildman–Crippen MR) is 75.6 cm³/mol. The Morgan fingerprint density at radius 3 is 2.24 bits per heavy atom. The molecule has 0 heterocycles. The van der Waals surface area contributed by atoms with E-state index >= 15 is 0 Å². The van der Waals surface area contributed by atoms with Crippen LogP contribution in [0.3, 0.4) is 0 Å². The summed E-state index contributed by atoms with van der Waals surface area (Å²) >= 11 is 0. The highest BCUT2D eigenvalue weighted by atomic mass is 14.6. The van der Waals surface area contributed by atoms with Gasteiger partial charge in [-0.1, -0.05) is 32.1 Å². The standard InChI is InChI=1S/C16H29N/c1-5-13-8-10-14(11-9-13)15(17)7-6-12-16(2,3)4/h13-15H,5,7-11,17H2,1-4H3. The van der Waals surface area contributed by atoms with E-state index in [-0.39, 0.29) is 5.41 Å². The first-order valence-electron chi connectivity index (χ1n) is 7.18. The molecule has 1 fully saturated rings. The molecule has 1 atom stereocenters. The monoisotopic (exact) mass is 235 g/mol. The number of nitrogens with two attached hydrogens (primary N) is 1. The lowest BCUT2D eigenvalue weighted by Crippen LogP contribution is -2.32. The Morgan fingerprint density at radius 1 is 1.18 bits per heavy atom. The third kappa shape index (κ3) is 5.59. The van der Waals surface area contributed by atoms with Gasteiger partial charge in [0.1, 0.15) is 0 Å². The van der Waals surface area contributed by atoms with E-state index in [1.54, 1.807) is 0 Å².